The lowest BCUT2D eigenvalue weighted by molar-refractivity contribution is -0.123. The van der Waals surface area contributed by atoms with Crippen molar-refractivity contribution in [3.8, 4) is 0 Å². The van der Waals surface area contributed by atoms with Crippen molar-refractivity contribution in [2.24, 2.45) is 0 Å². The summed E-state index contributed by atoms with van der Waals surface area (Å²) in [6, 6.07) is 0.284. The van der Waals surface area contributed by atoms with Gasteiger partial charge in [0.25, 0.3) is 0 Å². The molecule has 0 radical (unpaired) electrons. The van der Waals surface area contributed by atoms with Crippen molar-refractivity contribution < 1.29 is 14.3 Å². The number of hydrogen-bond acceptors (Lipinski definition) is 4. The first-order valence-corrected chi connectivity index (χ1v) is 8.29. The standard InChI is InChI=1S/C16H29N3O3/c1-11(14(20)18-12-7-8-12)17-13-6-5-9-19(10-13)15(21)22-16(2,3)4/h11-13,17H,5-10H2,1-4H3,(H,18,20). The first-order chi connectivity index (χ1) is 10.2. The molecule has 2 aliphatic rings. The summed E-state index contributed by atoms with van der Waals surface area (Å²) in [5, 5.41) is 6.34. The highest BCUT2D eigenvalue weighted by Crippen LogP contribution is 2.19. The molecule has 2 atom stereocenters. The Hall–Kier alpha value is -1.30. The second-order valence-electron chi connectivity index (χ2n) is 7.44. The van der Waals surface area contributed by atoms with Crippen LogP contribution in [0.1, 0.15) is 53.4 Å². The molecule has 1 saturated carbocycles. The molecule has 1 aliphatic carbocycles. The minimum Gasteiger partial charge on any atom is -0.444 e. The van der Waals surface area contributed by atoms with Crippen molar-refractivity contribution in [3.05, 3.63) is 0 Å². The van der Waals surface area contributed by atoms with Gasteiger partial charge in [-0.15, -0.1) is 0 Å². The highest BCUT2D eigenvalue weighted by atomic mass is 16.6. The summed E-state index contributed by atoms with van der Waals surface area (Å²) in [5.74, 6) is 0.0527. The minimum absolute atomic E-state index is 0.0527. The number of ether oxygens (including phenoxy) is 1. The Labute approximate surface area is 132 Å². The van der Waals surface area contributed by atoms with Crippen LogP contribution in [0.15, 0.2) is 0 Å². The van der Waals surface area contributed by atoms with Crippen LogP contribution in [0.2, 0.25) is 0 Å². The van der Waals surface area contributed by atoms with E-state index in [1.807, 2.05) is 27.7 Å². The van der Waals surface area contributed by atoms with E-state index in [1.165, 1.54) is 0 Å². The third-order valence-corrected chi connectivity index (χ3v) is 3.88. The quantitative estimate of drug-likeness (QED) is 0.828. The van der Waals surface area contributed by atoms with Gasteiger partial charge in [-0.2, -0.15) is 0 Å². The zero-order valence-corrected chi connectivity index (χ0v) is 14.1. The van der Waals surface area contributed by atoms with E-state index in [4.69, 9.17) is 4.74 Å². The molecule has 0 aromatic heterocycles. The Morgan fingerprint density at radius 1 is 1.18 bits per heavy atom. The molecule has 1 saturated heterocycles. The number of hydrogen-bond donors (Lipinski definition) is 2. The number of rotatable bonds is 4. The third-order valence-electron chi connectivity index (χ3n) is 3.88. The van der Waals surface area contributed by atoms with Gasteiger partial charge in [-0.05, 0) is 53.4 Å². The molecule has 2 fully saturated rings. The number of carbonyl (C=O) groups is 2. The van der Waals surface area contributed by atoms with E-state index in [-0.39, 0.29) is 24.1 Å². The summed E-state index contributed by atoms with van der Waals surface area (Å²) < 4.78 is 5.42. The van der Waals surface area contributed by atoms with Crippen LogP contribution in [0.3, 0.4) is 0 Å². The van der Waals surface area contributed by atoms with Gasteiger partial charge in [0.2, 0.25) is 5.91 Å². The molecule has 22 heavy (non-hydrogen) atoms. The fourth-order valence-corrected chi connectivity index (χ4v) is 2.59. The van der Waals surface area contributed by atoms with E-state index in [0.717, 1.165) is 32.2 Å². The highest BCUT2D eigenvalue weighted by Gasteiger charge is 2.30. The normalized spacial score (nSPS) is 23.8. The minimum atomic E-state index is -0.477. The average Bonchev–Trinajstić information content (AvgIpc) is 3.21. The molecule has 126 valence electrons. The Kier molecular flexibility index (Phi) is 5.32. The lowest BCUT2D eigenvalue weighted by Gasteiger charge is -2.35. The Morgan fingerprint density at radius 2 is 1.86 bits per heavy atom. The molecule has 0 spiro atoms. The maximum atomic E-state index is 12.1. The maximum absolute atomic E-state index is 12.1. The van der Waals surface area contributed by atoms with E-state index < -0.39 is 5.60 Å². The SMILES string of the molecule is CC(NC1CCCN(C(=O)OC(C)(C)C)C1)C(=O)NC1CC1. The lowest BCUT2D eigenvalue weighted by atomic mass is 10.0. The largest absolute Gasteiger partial charge is 0.444 e. The van der Waals surface area contributed by atoms with Crippen LogP contribution in [-0.2, 0) is 9.53 Å². The molecule has 2 rings (SSSR count). The van der Waals surface area contributed by atoms with E-state index in [2.05, 4.69) is 10.6 Å². The summed E-state index contributed by atoms with van der Waals surface area (Å²) in [6.45, 7) is 8.80. The smallest absolute Gasteiger partial charge is 0.410 e. The van der Waals surface area contributed by atoms with Gasteiger partial charge in [-0.3, -0.25) is 4.79 Å². The maximum Gasteiger partial charge on any atom is 0.410 e. The summed E-state index contributed by atoms with van der Waals surface area (Å²) in [4.78, 5) is 25.9. The van der Waals surface area contributed by atoms with Gasteiger partial charge in [0.1, 0.15) is 5.60 Å². The van der Waals surface area contributed by atoms with Gasteiger partial charge >= 0.3 is 6.09 Å². The second kappa shape index (κ2) is 6.86. The first-order valence-electron chi connectivity index (χ1n) is 8.29. The summed E-state index contributed by atoms with van der Waals surface area (Å²) in [6.07, 6.45) is 3.81. The molecule has 6 nitrogen and oxygen atoms in total. The average molecular weight is 311 g/mol. The van der Waals surface area contributed by atoms with Gasteiger partial charge in [0.15, 0.2) is 0 Å². The molecule has 6 heteroatoms. The van der Waals surface area contributed by atoms with Crippen LogP contribution in [0.5, 0.6) is 0 Å². The fraction of sp³-hybridized carbons (Fsp3) is 0.875. The molecular formula is C16H29N3O3. The van der Waals surface area contributed by atoms with Crippen LogP contribution in [-0.4, -0.2) is 53.7 Å². The van der Waals surface area contributed by atoms with Crippen LogP contribution in [0.25, 0.3) is 0 Å². The highest BCUT2D eigenvalue weighted by molar-refractivity contribution is 5.81. The number of amides is 2. The number of likely N-dealkylation sites (tertiary alicyclic amines) is 1. The van der Waals surface area contributed by atoms with Crippen molar-refractivity contribution in [1.29, 1.82) is 0 Å². The molecule has 0 aromatic carbocycles. The molecule has 1 aliphatic heterocycles. The van der Waals surface area contributed by atoms with Gasteiger partial charge in [0, 0.05) is 25.2 Å². The molecule has 2 unspecified atom stereocenters. The second-order valence-corrected chi connectivity index (χ2v) is 7.44. The van der Waals surface area contributed by atoms with Crippen molar-refractivity contribution >= 4 is 12.0 Å². The van der Waals surface area contributed by atoms with Crippen LogP contribution >= 0.6 is 0 Å². The molecule has 0 aromatic rings. The first kappa shape index (κ1) is 17.1. The fourth-order valence-electron chi connectivity index (χ4n) is 2.59. The zero-order valence-electron chi connectivity index (χ0n) is 14.1. The van der Waals surface area contributed by atoms with Crippen LogP contribution in [0.4, 0.5) is 4.79 Å². The Bertz CT molecular complexity index is 415. The summed E-state index contributed by atoms with van der Waals surface area (Å²) >= 11 is 0. The van der Waals surface area contributed by atoms with E-state index in [9.17, 15) is 9.59 Å². The van der Waals surface area contributed by atoms with Gasteiger partial charge in [0.05, 0.1) is 6.04 Å². The van der Waals surface area contributed by atoms with E-state index in [1.54, 1.807) is 4.90 Å². The van der Waals surface area contributed by atoms with Crippen LogP contribution < -0.4 is 10.6 Å². The predicted molar refractivity (Wildman–Crippen MR) is 84.6 cm³/mol. The van der Waals surface area contributed by atoms with Crippen molar-refractivity contribution in [3.63, 3.8) is 0 Å². The van der Waals surface area contributed by atoms with Crippen molar-refractivity contribution in [2.75, 3.05) is 13.1 Å². The number of piperidine rings is 1. The number of nitrogens with zero attached hydrogens (tertiary/aromatic N) is 1. The number of carbonyl (C=O) groups excluding carboxylic acids is 2. The lowest BCUT2D eigenvalue weighted by Crippen LogP contribution is -2.54. The Morgan fingerprint density at radius 3 is 2.45 bits per heavy atom. The van der Waals surface area contributed by atoms with Crippen molar-refractivity contribution in [1.82, 2.24) is 15.5 Å². The molecule has 2 amide bonds. The number of nitrogens with one attached hydrogen (secondary N) is 2. The van der Waals surface area contributed by atoms with Gasteiger partial charge in [-0.1, -0.05) is 0 Å². The Balaban J connectivity index is 1.79. The topological polar surface area (TPSA) is 70.7 Å². The summed E-state index contributed by atoms with van der Waals surface area (Å²) in [5.41, 5.74) is -0.477. The monoisotopic (exact) mass is 311 g/mol. The predicted octanol–water partition coefficient (Wildman–Crippen LogP) is 1.64. The van der Waals surface area contributed by atoms with E-state index >= 15 is 0 Å². The molecule has 2 N–H and O–H groups in total. The van der Waals surface area contributed by atoms with E-state index in [0.29, 0.717) is 12.6 Å². The molecule has 0 bridgehead atoms. The van der Waals surface area contributed by atoms with Crippen LogP contribution in [0, 0.1) is 0 Å². The molecular weight excluding hydrogens is 282 g/mol. The van der Waals surface area contributed by atoms with Gasteiger partial charge < -0.3 is 20.3 Å². The zero-order chi connectivity index (χ0) is 16.3. The third kappa shape index (κ3) is 5.48. The van der Waals surface area contributed by atoms with Crippen molar-refractivity contribution in [2.45, 2.75) is 77.1 Å². The molecule has 1 heterocycles. The summed E-state index contributed by atoms with van der Waals surface area (Å²) in [7, 11) is 0. The van der Waals surface area contributed by atoms with Gasteiger partial charge in [-0.25, -0.2) is 4.79 Å².